The Bertz CT molecular complexity index is 703. The number of ether oxygens (including phenoxy) is 2. The van der Waals surface area contributed by atoms with Crippen LogP contribution in [0.25, 0.3) is 0 Å². The monoisotopic (exact) mass is 353 g/mol. The van der Waals surface area contributed by atoms with Gasteiger partial charge in [0.25, 0.3) is 5.91 Å². The normalized spacial score (nSPS) is 11.8. The lowest BCUT2D eigenvalue weighted by atomic mass is 10.2. The smallest absolute Gasteiger partial charge is 0.387 e. The predicted octanol–water partition coefficient (Wildman–Crippen LogP) is 3.38. The fourth-order valence-corrected chi connectivity index (χ4v) is 1.99. The van der Waals surface area contributed by atoms with Crippen LogP contribution in [0.5, 0.6) is 5.75 Å². The van der Waals surface area contributed by atoms with E-state index >= 15 is 0 Å². The number of anilines is 1. The number of carbonyl (C=O) groups is 2. The van der Waals surface area contributed by atoms with Crippen molar-refractivity contribution in [3.63, 3.8) is 0 Å². The third-order valence-corrected chi connectivity index (χ3v) is 3.19. The third-order valence-electron chi connectivity index (χ3n) is 3.19. The second kappa shape index (κ2) is 8.81. The molecule has 6 nitrogen and oxygen atoms in total. The lowest BCUT2D eigenvalue weighted by Gasteiger charge is -2.15. The van der Waals surface area contributed by atoms with E-state index in [1.807, 2.05) is 0 Å². The lowest BCUT2D eigenvalue weighted by Crippen LogP contribution is -2.30. The Balaban J connectivity index is 1.86. The summed E-state index contributed by atoms with van der Waals surface area (Å²) in [5.74, 6) is -0.776. The fourth-order valence-electron chi connectivity index (χ4n) is 1.99. The summed E-state index contributed by atoms with van der Waals surface area (Å²) in [5.41, 5.74) is 0.0614. The largest absolute Gasteiger partial charge is 0.469 e. The van der Waals surface area contributed by atoms with Crippen LogP contribution in [0.3, 0.4) is 0 Å². The molecule has 2 aromatic rings. The molecule has 8 heteroatoms. The number of amides is 1. The van der Waals surface area contributed by atoms with Crippen LogP contribution < -0.4 is 10.1 Å². The first-order chi connectivity index (χ1) is 12.0. The van der Waals surface area contributed by atoms with E-state index in [2.05, 4.69) is 10.1 Å². The standard InChI is InChI=1S/C17H17F2NO5/c1-11(24-15(21)9-8-12-5-4-10-23-12)16(22)20-13-6-2-3-7-14(13)25-17(18)19/h2-7,10-11,17H,8-9H2,1H3,(H,20,22)/t11-/m0/s1. The third kappa shape index (κ3) is 5.91. The molecule has 0 aliphatic heterocycles. The number of aryl methyl sites for hydroxylation is 1. The van der Waals surface area contributed by atoms with Crippen LogP contribution in [0.15, 0.2) is 47.1 Å². The molecule has 0 unspecified atom stereocenters. The highest BCUT2D eigenvalue weighted by molar-refractivity contribution is 5.96. The molecule has 1 aromatic carbocycles. The molecule has 1 N–H and O–H groups in total. The van der Waals surface area contributed by atoms with Crippen LogP contribution in [0.2, 0.25) is 0 Å². The quantitative estimate of drug-likeness (QED) is 0.736. The number of benzene rings is 1. The molecule has 0 aliphatic rings. The molecule has 0 saturated carbocycles. The molecule has 0 spiro atoms. The van der Waals surface area contributed by atoms with Crippen molar-refractivity contribution in [1.82, 2.24) is 0 Å². The van der Waals surface area contributed by atoms with Crippen molar-refractivity contribution in [2.45, 2.75) is 32.5 Å². The van der Waals surface area contributed by atoms with Crippen LogP contribution >= 0.6 is 0 Å². The predicted molar refractivity (Wildman–Crippen MR) is 84.3 cm³/mol. The van der Waals surface area contributed by atoms with Crippen LogP contribution in [0, 0.1) is 0 Å². The molecule has 1 aromatic heterocycles. The summed E-state index contributed by atoms with van der Waals surface area (Å²) in [6, 6.07) is 9.17. The second-order valence-corrected chi connectivity index (χ2v) is 5.08. The molecule has 1 amide bonds. The Labute approximate surface area is 142 Å². The molecule has 0 aliphatic carbocycles. The number of halogens is 2. The van der Waals surface area contributed by atoms with Gasteiger partial charge in [-0.25, -0.2) is 0 Å². The molecule has 25 heavy (non-hydrogen) atoms. The molecule has 0 saturated heterocycles. The maximum absolute atomic E-state index is 12.4. The fraction of sp³-hybridized carbons (Fsp3) is 0.294. The van der Waals surface area contributed by atoms with Gasteiger partial charge < -0.3 is 19.2 Å². The van der Waals surface area contributed by atoms with Crippen LogP contribution in [-0.4, -0.2) is 24.6 Å². The summed E-state index contributed by atoms with van der Waals surface area (Å²) < 4.78 is 39.2. The van der Waals surface area contributed by atoms with E-state index < -0.39 is 24.6 Å². The van der Waals surface area contributed by atoms with Gasteiger partial charge in [0.05, 0.1) is 18.4 Å². The highest BCUT2D eigenvalue weighted by Gasteiger charge is 2.20. The molecule has 0 bridgehead atoms. The van der Waals surface area contributed by atoms with Crippen molar-refractivity contribution in [3.8, 4) is 5.75 Å². The van der Waals surface area contributed by atoms with E-state index in [9.17, 15) is 18.4 Å². The van der Waals surface area contributed by atoms with Gasteiger partial charge in [-0.2, -0.15) is 8.78 Å². The molecular weight excluding hydrogens is 336 g/mol. The topological polar surface area (TPSA) is 77.8 Å². The Morgan fingerprint density at radius 3 is 2.64 bits per heavy atom. The van der Waals surface area contributed by atoms with Crippen molar-refractivity contribution in [1.29, 1.82) is 0 Å². The van der Waals surface area contributed by atoms with E-state index in [1.165, 1.54) is 31.4 Å². The van der Waals surface area contributed by atoms with Crippen molar-refractivity contribution >= 4 is 17.6 Å². The molecule has 2 rings (SSSR count). The maximum Gasteiger partial charge on any atom is 0.387 e. The highest BCUT2D eigenvalue weighted by atomic mass is 19.3. The summed E-state index contributed by atoms with van der Waals surface area (Å²) in [6.07, 6.45) is 0.806. The molecule has 1 heterocycles. The first-order valence-corrected chi connectivity index (χ1v) is 7.52. The Morgan fingerprint density at radius 2 is 1.96 bits per heavy atom. The SMILES string of the molecule is C[C@H](OC(=O)CCc1ccco1)C(=O)Nc1ccccc1OC(F)F. The summed E-state index contributed by atoms with van der Waals surface area (Å²) in [6.45, 7) is -1.63. The lowest BCUT2D eigenvalue weighted by molar-refractivity contribution is -0.153. The Hall–Kier alpha value is -2.90. The number of esters is 1. The first kappa shape index (κ1) is 18.4. The van der Waals surface area contributed by atoms with E-state index in [0.717, 1.165) is 0 Å². The number of alkyl halides is 2. The minimum atomic E-state index is -3.02. The Kier molecular flexibility index (Phi) is 6.50. The molecule has 0 radical (unpaired) electrons. The van der Waals surface area contributed by atoms with Gasteiger partial charge >= 0.3 is 12.6 Å². The summed E-state index contributed by atoms with van der Waals surface area (Å²) in [5, 5.41) is 2.40. The van der Waals surface area contributed by atoms with Crippen molar-refractivity contribution in [2.24, 2.45) is 0 Å². The highest BCUT2D eigenvalue weighted by Crippen LogP contribution is 2.25. The number of furan rings is 1. The number of rotatable bonds is 8. The molecule has 0 fully saturated rings. The van der Waals surface area contributed by atoms with Crippen molar-refractivity contribution in [2.75, 3.05) is 5.32 Å². The summed E-state index contributed by atoms with van der Waals surface area (Å²) in [7, 11) is 0. The zero-order chi connectivity index (χ0) is 18.2. The van der Waals surface area contributed by atoms with Gasteiger partial charge in [-0.3, -0.25) is 9.59 Å². The van der Waals surface area contributed by atoms with Gasteiger partial charge in [0.2, 0.25) is 0 Å². The first-order valence-electron chi connectivity index (χ1n) is 7.52. The van der Waals surface area contributed by atoms with Gasteiger partial charge in [-0.15, -0.1) is 0 Å². The van der Waals surface area contributed by atoms with Gasteiger partial charge in [0, 0.05) is 6.42 Å². The van der Waals surface area contributed by atoms with Gasteiger partial charge in [-0.05, 0) is 31.2 Å². The molecule has 1 atom stereocenters. The average molecular weight is 353 g/mol. The van der Waals surface area contributed by atoms with Crippen molar-refractivity contribution in [3.05, 3.63) is 48.4 Å². The number of carbonyl (C=O) groups excluding carboxylic acids is 2. The number of para-hydroxylation sites is 2. The van der Waals surface area contributed by atoms with Crippen LogP contribution in [0.1, 0.15) is 19.1 Å². The minimum absolute atomic E-state index is 0.0518. The number of hydrogen-bond acceptors (Lipinski definition) is 5. The number of hydrogen-bond donors (Lipinski definition) is 1. The zero-order valence-corrected chi connectivity index (χ0v) is 13.4. The van der Waals surface area contributed by atoms with Gasteiger partial charge in [-0.1, -0.05) is 12.1 Å². The van der Waals surface area contributed by atoms with Gasteiger partial charge in [0.1, 0.15) is 11.5 Å². The Morgan fingerprint density at radius 1 is 1.20 bits per heavy atom. The molecule has 134 valence electrons. The van der Waals surface area contributed by atoms with E-state index in [0.29, 0.717) is 12.2 Å². The van der Waals surface area contributed by atoms with E-state index in [4.69, 9.17) is 9.15 Å². The number of nitrogens with one attached hydrogen (secondary N) is 1. The average Bonchev–Trinajstić information content (AvgIpc) is 3.07. The van der Waals surface area contributed by atoms with Gasteiger partial charge in [0.15, 0.2) is 6.10 Å². The maximum atomic E-state index is 12.4. The zero-order valence-electron chi connectivity index (χ0n) is 13.4. The van der Waals surface area contributed by atoms with E-state index in [-0.39, 0.29) is 17.9 Å². The van der Waals surface area contributed by atoms with Crippen molar-refractivity contribution < 1.29 is 32.3 Å². The second-order valence-electron chi connectivity index (χ2n) is 5.08. The molecular formula is C17H17F2NO5. The van der Waals surface area contributed by atoms with Crippen LogP contribution in [-0.2, 0) is 20.7 Å². The van der Waals surface area contributed by atoms with E-state index in [1.54, 1.807) is 18.2 Å². The summed E-state index contributed by atoms with van der Waals surface area (Å²) in [4.78, 5) is 23.8. The van der Waals surface area contributed by atoms with Crippen LogP contribution in [0.4, 0.5) is 14.5 Å². The minimum Gasteiger partial charge on any atom is -0.469 e. The summed E-state index contributed by atoms with van der Waals surface area (Å²) >= 11 is 0.